The van der Waals surface area contributed by atoms with Crippen molar-refractivity contribution in [1.29, 1.82) is 5.41 Å². The van der Waals surface area contributed by atoms with E-state index >= 15 is 0 Å². The standard InChI is InChI=1S/C21H45N3/c1-3-4-5-6-7-8-9-10-11-12-13-14-15-16-17-18-19-24-20(2)21(22)23/h20,24H,3-19H2,1-2H3,(H3,22,23). The Balaban J connectivity index is 3.04. The molecule has 0 rings (SSSR count). The maximum Gasteiger partial charge on any atom is 0.108 e. The van der Waals surface area contributed by atoms with Crippen LogP contribution in [0.25, 0.3) is 0 Å². The molecule has 3 nitrogen and oxygen atoms in total. The monoisotopic (exact) mass is 339 g/mol. The summed E-state index contributed by atoms with van der Waals surface area (Å²) in [5.74, 6) is 0.242. The number of hydrogen-bond donors (Lipinski definition) is 3. The zero-order chi connectivity index (χ0) is 17.9. The Morgan fingerprint density at radius 2 is 1.04 bits per heavy atom. The number of rotatable bonds is 19. The second-order valence-corrected chi connectivity index (χ2v) is 7.43. The molecule has 0 aromatic carbocycles. The van der Waals surface area contributed by atoms with Crippen LogP contribution in [0.1, 0.15) is 117 Å². The van der Waals surface area contributed by atoms with Gasteiger partial charge < -0.3 is 11.1 Å². The lowest BCUT2D eigenvalue weighted by Gasteiger charge is -2.11. The average molecular weight is 340 g/mol. The largest absolute Gasteiger partial charge is 0.386 e. The second kappa shape index (κ2) is 18.8. The van der Waals surface area contributed by atoms with Gasteiger partial charge in [-0.25, -0.2) is 0 Å². The van der Waals surface area contributed by atoms with Crippen LogP contribution >= 0.6 is 0 Å². The zero-order valence-electron chi connectivity index (χ0n) is 16.7. The molecule has 0 saturated carbocycles. The lowest BCUT2D eigenvalue weighted by molar-refractivity contribution is 0.523. The number of nitrogens with two attached hydrogens (primary N) is 1. The molecule has 24 heavy (non-hydrogen) atoms. The molecule has 4 N–H and O–H groups in total. The van der Waals surface area contributed by atoms with Crippen molar-refractivity contribution < 1.29 is 0 Å². The third-order valence-electron chi connectivity index (χ3n) is 4.95. The first kappa shape index (κ1) is 23.4. The van der Waals surface area contributed by atoms with E-state index in [0.29, 0.717) is 0 Å². The molecular formula is C21H45N3. The molecular weight excluding hydrogens is 294 g/mol. The maximum absolute atomic E-state index is 7.31. The van der Waals surface area contributed by atoms with Crippen LogP contribution in [0.15, 0.2) is 0 Å². The van der Waals surface area contributed by atoms with Gasteiger partial charge in [-0.15, -0.1) is 0 Å². The predicted molar refractivity (Wildman–Crippen MR) is 109 cm³/mol. The Morgan fingerprint density at radius 1 is 0.708 bits per heavy atom. The highest BCUT2D eigenvalue weighted by molar-refractivity contribution is 5.82. The van der Waals surface area contributed by atoms with E-state index in [1.54, 1.807) is 0 Å². The molecule has 0 spiro atoms. The summed E-state index contributed by atoms with van der Waals surface area (Å²) in [6.45, 7) is 5.22. The summed E-state index contributed by atoms with van der Waals surface area (Å²) in [7, 11) is 0. The van der Waals surface area contributed by atoms with E-state index in [9.17, 15) is 0 Å². The van der Waals surface area contributed by atoms with Gasteiger partial charge in [-0.3, -0.25) is 5.41 Å². The van der Waals surface area contributed by atoms with E-state index in [1.807, 2.05) is 6.92 Å². The van der Waals surface area contributed by atoms with Crippen LogP contribution in [0.4, 0.5) is 0 Å². The molecule has 0 aromatic rings. The van der Waals surface area contributed by atoms with E-state index in [-0.39, 0.29) is 11.9 Å². The topological polar surface area (TPSA) is 61.9 Å². The van der Waals surface area contributed by atoms with Crippen molar-refractivity contribution >= 4 is 5.84 Å². The lowest BCUT2D eigenvalue weighted by atomic mass is 10.0. The Bertz CT molecular complexity index is 266. The van der Waals surface area contributed by atoms with Gasteiger partial charge in [0.1, 0.15) is 5.84 Å². The van der Waals surface area contributed by atoms with Crippen molar-refractivity contribution in [3.8, 4) is 0 Å². The van der Waals surface area contributed by atoms with E-state index in [1.165, 1.54) is 103 Å². The highest BCUT2D eigenvalue weighted by atomic mass is 14.9. The molecule has 3 heteroatoms. The normalized spacial score (nSPS) is 12.4. The molecule has 1 atom stereocenters. The highest BCUT2D eigenvalue weighted by Gasteiger charge is 2.02. The molecule has 0 amide bonds. The van der Waals surface area contributed by atoms with Gasteiger partial charge in [0.05, 0.1) is 6.04 Å². The Hall–Kier alpha value is -0.570. The summed E-state index contributed by atoms with van der Waals surface area (Å²) in [4.78, 5) is 0. The number of unbranched alkanes of at least 4 members (excludes halogenated alkanes) is 15. The molecule has 0 saturated heterocycles. The van der Waals surface area contributed by atoms with Crippen molar-refractivity contribution in [2.45, 2.75) is 123 Å². The summed E-state index contributed by atoms with van der Waals surface area (Å²) in [6, 6.07) is 0.0290. The van der Waals surface area contributed by atoms with Crippen molar-refractivity contribution in [3.05, 3.63) is 0 Å². The van der Waals surface area contributed by atoms with Gasteiger partial charge in [0, 0.05) is 0 Å². The van der Waals surface area contributed by atoms with Gasteiger partial charge >= 0.3 is 0 Å². The predicted octanol–water partition coefficient (Wildman–Crippen LogP) is 6.16. The third kappa shape index (κ3) is 17.8. The van der Waals surface area contributed by atoms with Gasteiger partial charge in [0.15, 0.2) is 0 Å². The average Bonchev–Trinajstić information content (AvgIpc) is 2.57. The molecule has 0 radical (unpaired) electrons. The van der Waals surface area contributed by atoms with Crippen molar-refractivity contribution in [2.24, 2.45) is 5.73 Å². The van der Waals surface area contributed by atoms with Crippen molar-refractivity contribution in [3.63, 3.8) is 0 Å². The first-order chi connectivity index (χ1) is 11.7. The summed E-state index contributed by atoms with van der Waals surface area (Å²) in [5.41, 5.74) is 5.43. The third-order valence-corrected chi connectivity index (χ3v) is 4.95. The van der Waals surface area contributed by atoms with Crippen molar-refractivity contribution in [2.75, 3.05) is 6.54 Å². The molecule has 0 aliphatic rings. The van der Waals surface area contributed by atoms with Crippen molar-refractivity contribution in [1.82, 2.24) is 5.32 Å². The van der Waals surface area contributed by atoms with E-state index in [2.05, 4.69) is 12.2 Å². The SMILES string of the molecule is CCCCCCCCCCCCCCCCCCNC(C)C(=N)N. The zero-order valence-corrected chi connectivity index (χ0v) is 16.7. The molecule has 0 bridgehead atoms. The van der Waals surface area contributed by atoms with Crippen LogP contribution in [0.2, 0.25) is 0 Å². The summed E-state index contributed by atoms with van der Waals surface area (Å²) in [5, 5.41) is 10.6. The van der Waals surface area contributed by atoms with Gasteiger partial charge in [0.2, 0.25) is 0 Å². The van der Waals surface area contributed by atoms with Crippen LogP contribution in [0, 0.1) is 5.41 Å². The minimum absolute atomic E-state index is 0.0290. The summed E-state index contributed by atoms with van der Waals surface area (Å²) < 4.78 is 0. The molecule has 0 aromatic heterocycles. The second-order valence-electron chi connectivity index (χ2n) is 7.43. The van der Waals surface area contributed by atoms with E-state index < -0.39 is 0 Å². The number of hydrogen-bond acceptors (Lipinski definition) is 2. The van der Waals surface area contributed by atoms with Gasteiger partial charge in [-0.2, -0.15) is 0 Å². The van der Waals surface area contributed by atoms with Gasteiger partial charge in [-0.1, -0.05) is 103 Å². The molecule has 0 fully saturated rings. The molecule has 0 aliphatic heterocycles. The number of amidine groups is 1. The Morgan fingerprint density at radius 3 is 1.38 bits per heavy atom. The Labute approximate surface area is 152 Å². The summed E-state index contributed by atoms with van der Waals surface area (Å²) in [6.07, 6.45) is 22.5. The first-order valence-corrected chi connectivity index (χ1v) is 10.8. The van der Waals surface area contributed by atoms with Crippen LogP contribution in [0.3, 0.4) is 0 Å². The molecule has 144 valence electrons. The highest BCUT2D eigenvalue weighted by Crippen LogP contribution is 2.13. The van der Waals surface area contributed by atoms with Crippen LogP contribution in [-0.2, 0) is 0 Å². The first-order valence-electron chi connectivity index (χ1n) is 10.8. The maximum atomic E-state index is 7.31. The number of nitrogens with one attached hydrogen (secondary N) is 2. The quantitative estimate of drug-likeness (QED) is 0.150. The van der Waals surface area contributed by atoms with Crippen LogP contribution in [-0.4, -0.2) is 18.4 Å². The van der Waals surface area contributed by atoms with Gasteiger partial charge in [-0.05, 0) is 19.9 Å². The molecule has 1 unspecified atom stereocenters. The molecule has 0 heterocycles. The minimum atomic E-state index is 0.0290. The summed E-state index contributed by atoms with van der Waals surface area (Å²) >= 11 is 0. The van der Waals surface area contributed by atoms with Crippen LogP contribution in [0.5, 0.6) is 0 Å². The Kier molecular flexibility index (Phi) is 18.3. The smallest absolute Gasteiger partial charge is 0.108 e. The van der Waals surface area contributed by atoms with Crippen LogP contribution < -0.4 is 11.1 Å². The fraction of sp³-hybridized carbons (Fsp3) is 0.952. The fourth-order valence-corrected chi connectivity index (χ4v) is 3.10. The van der Waals surface area contributed by atoms with E-state index in [4.69, 9.17) is 11.1 Å². The minimum Gasteiger partial charge on any atom is -0.386 e. The van der Waals surface area contributed by atoms with Gasteiger partial charge in [0.25, 0.3) is 0 Å². The molecule has 0 aliphatic carbocycles. The lowest BCUT2D eigenvalue weighted by Crippen LogP contribution is -2.38. The fourth-order valence-electron chi connectivity index (χ4n) is 3.10. The van der Waals surface area contributed by atoms with E-state index in [0.717, 1.165) is 6.54 Å².